The van der Waals surface area contributed by atoms with Gasteiger partial charge in [-0.1, -0.05) is 25.4 Å². The van der Waals surface area contributed by atoms with E-state index in [1.54, 1.807) is 18.2 Å². The van der Waals surface area contributed by atoms with E-state index in [2.05, 4.69) is 27.2 Å². The lowest BCUT2D eigenvalue weighted by Crippen LogP contribution is -2.76. The van der Waals surface area contributed by atoms with Crippen LogP contribution in [0.3, 0.4) is 0 Å². The number of alkyl halides is 3. The number of nitrogens with zero attached hydrogens (tertiary/aromatic N) is 4. The van der Waals surface area contributed by atoms with Crippen LogP contribution in [-0.4, -0.2) is 63.2 Å². The lowest BCUT2D eigenvalue weighted by atomic mass is 9.61. The summed E-state index contributed by atoms with van der Waals surface area (Å²) in [6.07, 6.45) is 0.862. The van der Waals surface area contributed by atoms with Gasteiger partial charge in [0, 0.05) is 11.7 Å². The Kier molecular flexibility index (Phi) is 7.07. The molecule has 0 spiro atoms. The Morgan fingerprint density at radius 1 is 1.29 bits per heavy atom. The summed E-state index contributed by atoms with van der Waals surface area (Å²) >= 11 is 6.27. The summed E-state index contributed by atoms with van der Waals surface area (Å²) in [6, 6.07) is 4.81. The molecule has 1 aliphatic heterocycles. The predicted molar refractivity (Wildman–Crippen MR) is 119 cm³/mol. The molecular weight excluding hydrogens is 475 g/mol. The normalized spacial score (nSPS) is 25.1. The molecule has 1 aromatic heterocycles. The van der Waals surface area contributed by atoms with Gasteiger partial charge in [-0.05, 0) is 49.8 Å². The summed E-state index contributed by atoms with van der Waals surface area (Å²) < 4.78 is 46.6. The highest BCUT2D eigenvalue weighted by molar-refractivity contribution is 6.32. The Bertz CT molecular complexity index is 1010. The fraction of sp³-hybridized carbons (Fsp3) is 0.591. The van der Waals surface area contributed by atoms with Crippen molar-refractivity contribution in [2.24, 2.45) is 5.92 Å². The zero-order valence-electron chi connectivity index (χ0n) is 18.9. The Labute approximate surface area is 200 Å². The van der Waals surface area contributed by atoms with Crippen LogP contribution in [0.4, 0.5) is 23.7 Å². The summed E-state index contributed by atoms with van der Waals surface area (Å²) in [5, 5.41) is 11.5. The summed E-state index contributed by atoms with van der Waals surface area (Å²) in [4.78, 5) is 16.6. The monoisotopic (exact) mass is 501 g/mol. The molecule has 4 atom stereocenters. The van der Waals surface area contributed by atoms with E-state index in [1.165, 1.54) is 17.2 Å². The number of urea groups is 1. The Morgan fingerprint density at radius 2 is 2.03 bits per heavy atom. The van der Waals surface area contributed by atoms with Gasteiger partial charge in [0.05, 0.1) is 42.3 Å². The Morgan fingerprint density at radius 3 is 2.71 bits per heavy atom. The molecule has 2 aromatic rings. The summed E-state index contributed by atoms with van der Waals surface area (Å²) in [7, 11) is 0. The quantitative estimate of drug-likeness (QED) is 0.513. The first-order valence-electron chi connectivity index (χ1n) is 11.2. The van der Waals surface area contributed by atoms with Crippen LogP contribution in [0.2, 0.25) is 5.02 Å². The van der Waals surface area contributed by atoms with Crippen molar-refractivity contribution in [2.75, 3.05) is 18.5 Å². The van der Waals surface area contributed by atoms with Gasteiger partial charge in [0.25, 0.3) is 0 Å². The van der Waals surface area contributed by atoms with E-state index in [1.807, 2.05) is 11.8 Å². The van der Waals surface area contributed by atoms with E-state index in [-0.39, 0.29) is 18.7 Å². The SMILES string of the molecule is CC[C@H](OCCOC(F)(F)F)[C@]12C[C@H](C)C[C@H](C1)N2C(=O)Nc1ccc(Cl)c(-n2nccn2)c1. The smallest absolute Gasteiger partial charge is 0.373 e. The number of likely N-dealkylation sites (tertiary alicyclic amines) is 1. The van der Waals surface area contributed by atoms with Crippen LogP contribution in [0.5, 0.6) is 0 Å². The van der Waals surface area contributed by atoms with Gasteiger partial charge in [-0.2, -0.15) is 15.0 Å². The van der Waals surface area contributed by atoms with Crippen LogP contribution in [0.1, 0.15) is 39.5 Å². The van der Waals surface area contributed by atoms with Crippen molar-refractivity contribution in [3.8, 4) is 5.69 Å². The Hall–Kier alpha value is -2.37. The summed E-state index contributed by atoms with van der Waals surface area (Å²) in [5.74, 6) is 0.375. The van der Waals surface area contributed by atoms with Gasteiger partial charge in [-0.25, -0.2) is 4.79 Å². The fourth-order valence-electron chi connectivity index (χ4n) is 5.42. The molecular formula is C22H27ClF3N5O3. The molecule has 34 heavy (non-hydrogen) atoms. The molecule has 1 saturated heterocycles. The number of fused-ring (bicyclic) bond motifs is 2. The molecule has 2 heterocycles. The second-order valence-electron chi connectivity index (χ2n) is 8.85. The average Bonchev–Trinajstić information content (AvgIpc) is 3.28. The number of halogens is 4. The Balaban J connectivity index is 1.49. The largest absolute Gasteiger partial charge is 0.522 e. The highest BCUT2D eigenvalue weighted by Gasteiger charge is 2.61. The van der Waals surface area contributed by atoms with Crippen LogP contribution in [0, 0.1) is 5.92 Å². The van der Waals surface area contributed by atoms with Gasteiger partial charge in [0.2, 0.25) is 0 Å². The van der Waals surface area contributed by atoms with Crippen molar-refractivity contribution in [1.29, 1.82) is 0 Å². The molecule has 0 unspecified atom stereocenters. The van der Waals surface area contributed by atoms with Crippen LogP contribution >= 0.6 is 11.6 Å². The molecule has 2 fully saturated rings. The maximum Gasteiger partial charge on any atom is 0.522 e. The van der Waals surface area contributed by atoms with Crippen molar-refractivity contribution in [2.45, 2.75) is 63.6 Å². The number of amides is 2. The number of anilines is 1. The van der Waals surface area contributed by atoms with Gasteiger partial charge in [0.1, 0.15) is 5.69 Å². The second kappa shape index (κ2) is 9.71. The molecule has 4 rings (SSSR count). The highest BCUT2D eigenvalue weighted by Crippen LogP contribution is 2.53. The number of benzene rings is 1. The zero-order valence-corrected chi connectivity index (χ0v) is 19.6. The number of hydrogen-bond acceptors (Lipinski definition) is 5. The van der Waals surface area contributed by atoms with E-state index >= 15 is 0 Å². The van der Waals surface area contributed by atoms with Crippen LogP contribution < -0.4 is 5.32 Å². The van der Waals surface area contributed by atoms with Crippen molar-refractivity contribution in [3.63, 3.8) is 0 Å². The molecule has 1 saturated carbocycles. The van der Waals surface area contributed by atoms with Crippen LogP contribution in [-0.2, 0) is 9.47 Å². The number of hydrogen-bond donors (Lipinski definition) is 1. The molecule has 12 heteroatoms. The van der Waals surface area contributed by atoms with E-state index < -0.39 is 24.6 Å². The number of carbonyl (C=O) groups excluding carboxylic acids is 1. The topological polar surface area (TPSA) is 81.5 Å². The molecule has 1 aromatic carbocycles. The van der Waals surface area contributed by atoms with Gasteiger partial charge in [-0.15, -0.1) is 13.2 Å². The van der Waals surface area contributed by atoms with Crippen molar-refractivity contribution < 1.29 is 27.4 Å². The molecule has 1 N–H and O–H groups in total. The predicted octanol–water partition coefficient (Wildman–Crippen LogP) is 5.03. The van der Waals surface area contributed by atoms with Crippen LogP contribution in [0.25, 0.3) is 5.69 Å². The van der Waals surface area contributed by atoms with Gasteiger partial charge >= 0.3 is 12.4 Å². The third kappa shape index (κ3) is 5.01. The van der Waals surface area contributed by atoms with Crippen molar-refractivity contribution in [1.82, 2.24) is 19.9 Å². The fourth-order valence-corrected chi connectivity index (χ4v) is 5.62. The second-order valence-corrected chi connectivity index (χ2v) is 9.26. The van der Waals surface area contributed by atoms with Crippen molar-refractivity contribution >= 4 is 23.3 Å². The lowest BCUT2D eigenvalue weighted by Gasteiger charge is -2.65. The number of carbonyl (C=O) groups is 1. The summed E-state index contributed by atoms with van der Waals surface area (Å²) in [6.45, 7) is 3.25. The molecule has 2 aliphatic rings. The van der Waals surface area contributed by atoms with Gasteiger partial charge in [0.15, 0.2) is 0 Å². The highest BCUT2D eigenvalue weighted by atomic mass is 35.5. The molecule has 2 amide bonds. The molecule has 2 bridgehead atoms. The maximum atomic E-state index is 13.4. The van der Waals surface area contributed by atoms with E-state index in [9.17, 15) is 18.0 Å². The first-order valence-corrected chi connectivity index (χ1v) is 11.6. The van der Waals surface area contributed by atoms with Gasteiger partial charge < -0.3 is 15.0 Å². The zero-order chi connectivity index (χ0) is 24.5. The summed E-state index contributed by atoms with van der Waals surface area (Å²) in [5.41, 5.74) is 0.483. The number of piperidine rings is 1. The molecule has 0 radical (unpaired) electrons. The lowest BCUT2D eigenvalue weighted by molar-refractivity contribution is -0.328. The average molecular weight is 502 g/mol. The van der Waals surface area contributed by atoms with E-state index in [0.29, 0.717) is 28.7 Å². The number of nitrogens with one attached hydrogen (secondary N) is 1. The molecule has 8 nitrogen and oxygen atoms in total. The minimum absolute atomic E-state index is 0.0485. The maximum absolute atomic E-state index is 13.4. The third-order valence-corrected chi connectivity index (χ3v) is 6.82. The van der Waals surface area contributed by atoms with Crippen LogP contribution in [0.15, 0.2) is 30.6 Å². The number of aromatic nitrogens is 3. The minimum atomic E-state index is -4.70. The van der Waals surface area contributed by atoms with Gasteiger partial charge in [-0.3, -0.25) is 4.74 Å². The standard InChI is InChI=1S/C22H27ClF3N5O3/c1-3-19(33-8-9-34-22(24,25)26)21-12-14(2)10-16(13-21)30(21)20(32)29-15-4-5-17(23)18(11-15)31-27-6-7-28-31/h4-7,11,14,16,19H,3,8-10,12-13H2,1-2H3,(H,29,32)/t14-,16-,19+,21+/m1/s1. The minimum Gasteiger partial charge on any atom is -0.373 e. The number of rotatable bonds is 8. The van der Waals surface area contributed by atoms with E-state index in [0.717, 1.165) is 19.3 Å². The first kappa shape index (κ1) is 24.7. The molecule has 1 aliphatic carbocycles. The van der Waals surface area contributed by atoms with E-state index in [4.69, 9.17) is 16.3 Å². The third-order valence-electron chi connectivity index (χ3n) is 6.50. The first-order chi connectivity index (χ1) is 16.1. The van der Waals surface area contributed by atoms with Crippen molar-refractivity contribution in [3.05, 3.63) is 35.6 Å². The number of ether oxygens (including phenoxy) is 2. The molecule has 186 valence electrons.